The predicted octanol–water partition coefficient (Wildman–Crippen LogP) is 3.04. The van der Waals surface area contributed by atoms with E-state index in [9.17, 15) is 8.78 Å². The van der Waals surface area contributed by atoms with E-state index in [1.54, 1.807) is 13.8 Å². The van der Waals surface area contributed by atoms with E-state index >= 15 is 0 Å². The molecule has 3 nitrogen and oxygen atoms in total. The molecule has 2 rings (SSSR count). The van der Waals surface area contributed by atoms with Crippen molar-refractivity contribution in [2.45, 2.75) is 26.8 Å². The molecular formula is C14H16F2N2O. The SMILES string of the molecule is Cc1oc(C)c(C(NN)c2c(F)cccc2F)c1C. The molecule has 2 aromatic rings. The Hall–Kier alpha value is -1.72. The fourth-order valence-electron chi connectivity index (χ4n) is 2.33. The van der Waals surface area contributed by atoms with Gasteiger partial charge in [-0.25, -0.2) is 14.2 Å². The zero-order valence-corrected chi connectivity index (χ0v) is 11.1. The van der Waals surface area contributed by atoms with E-state index in [2.05, 4.69) is 5.43 Å². The molecule has 0 fully saturated rings. The second-order valence-corrected chi connectivity index (χ2v) is 4.49. The van der Waals surface area contributed by atoms with E-state index in [4.69, 9.17) is 10.3 Å². The van der Waals surface area contributed by atoms with Crippen molar-refractivity contribution >= 4 is 0 Å². The van der Waals surface area contributed by atoms with Gasteiger partial charge in [0, 0.05) is 11.1 Å². The molecule has 1 aromatic carbocycles. The van der Waals surface area contributed by atoms with Crippen LogP contribution in [0.5, 0.6) is 0 Å². The molecule has 1 heterocycles. The fourth-order valence-corrected chi connectivity index (χ4v) is 2.33. The summed E-state index contributed by atoms with van der Waals surface area (Å²) in [6.45, 7) is 5.39. The number of benzene rings is 1. The average molecular weight is 266 g/mol. The summed E-state index contributed by atoms with van der Waals surface area (Å²) in [5.41, 5.74) is 3.88. The Kier molecular flexibility index (Phi) is 3.68. The van der Waals surface area contributed by atoms with Crippen LogP contribution in [0.3, 0.4) is 0 Å². The molecular weight excluding hydrogens is 250 g/mol. The summed E-state index contributed by atoms with van der Waals surface area (Å²) in [6, 6.07) is 2.96. The van der Waals surface area contributed by atoms with Crippen molar-refractivity contribution < 1.29 is 13.2 Å². The molecule has 0 saturated carbocycles. The van der Waals surface area contributed by atoms with Crippen LogP contribution in [0.15, 0.2) is 22.6 Å². The molecule has 0 bridgehead atoms. The Balaban J connectivity index is 2.63. The van der Waals surface area contributed by atoms with Crippen LogP contribution in [0, 0.1) is 32.4 Å². The Labute approximate surface area is 110 Å². The number of hydrogen-bond acceptors (Lipinski definition) is 3. The average Bonchev–Trinajstić information content (AvgIpc) is 2.59. The predicted molar refractivity (Wildman–Crippen MR) is 68.4 cm³/mol. The first-order valence-electron chi connectivity index (χ1n) is 5.93. The number of nitrogens with one attached hydrogen (secondary N) is 1. The molecule has 1 aromatic heterocycles. The van der Waals surface area contributed by atoms with Gasteiger partial charge in [-0.3, -0.25) is 5.84 Å². The lowest BCUT2D eigenvalue weighted by atomic mass is 9.95. The smallest absolute Gasteiger partial charge is 0.131 e. The first kappa shape index (κ1) is 13.7. The maximum Gasteiger partial charge on any atom is 0.131 e. The first-order valence-corrected chi connectivity index (χ1v) is 5.93. The van der Waals surface area contributed by atoms with Crippen molar-refractivity contribution in [2.75, 3.05) is 0 Å². The lowest BCUT2D eigenvalue weighted by Gasteiger charge is -2.18. The lowest BCUT2D eigenvalue weighted by Crippen LogP contribution is -2.31. The highest BCUT2D eigenvalue weighted by molar-refractivity contribution is 5.41. The van der Waals surface area contributed by atoms with Gasteiger partial charge < -0.3 is 4.42 Å². The summed E-state index contributed by atoms with van der Waals surface area (Å²) in [6.07, 6.45) is 0. The van der Waals surface area contributed by atoms with E-state index < -0.39 is 17.7 Å². The van der Waals surface area contributed by atoms with Crippen LogP contribution in [-0.2, 0) is 0 Å². The van der Waals surface area contributed by atoms with Crippen LogP contribution in [0.4, 0.5) is 8.78 Å². The molecule has 19 heavy (non-hydrogen) atoms. The number of rotatable bonds is 3. The third-order valence-corrected chi connectivity index (χ3v) is 3.36. The van der Waals surface area contributed by atoms with Crippen molar-refractivity contribution in [3.63, 3.8) is 0 Å². The molecule has 0 spiro atoms. The Morgan fingerprint density at radius 2 is 1.63 bits per heavy atom. The van der Waals surface area contributed by atoms with Gasteiger partial charge in [0.25, 0.3) is 0 Å². The van der Waals surface area contributed by atoms with Crippen LogP contribution in [0.1, 0.15) is 34.3 Å². The molecule has 5 heteroatoms. The number of nitrogens with two attached hydrogens (primary N) is 1. The summed E-state index contributed by atoms with van der Waals surface area (Å²) < 4.78 is 33.2. The van der Waals surface area contributed by atoms with Gasteiger partial charge >= 0.3 is 0 Å². The molecule has 0 amide bonds. The van der Waals surface area contributed by atoms with E-state index in [1.165, 1.54) is 18.2 Å². The van der Waals surface area contributed by atoms with Crippen molar-refractivity contribution in [3.05, 3.63) is 58.0 Å². The molecule has 0 aliphatic heterocycles. The summed E-state index contributed by atoms with van der Waals surface area (Å²) in [5.74, 6) is 5.53. The van der Waals surface area contributed by atoms with Crippen LogP contribution < -0.4 is 11.3 Å². The standard InChI is InChI=1S/C14H16F2N2O/c1-7-8(2)19-9(3)12(7)14(18-17)13-10(15)5-4-6-11(13)16/h4-6,14,18H,17H2,1-3H3. The van der Waals surface area contributed by atoms with E-state index in [-0.39, 0.29) is 5.56 Å². The van der Waals surface area contributed by atoms with Gasteiger partial charge in [-0.15, -0.1) is 0 Å². The minimum Gasteiger partial charge on any atom is -0.466 e. The zero-order chi connectivity index (χ0) is 14.2. The third-order valence-electron chi connectivity index (χ3n) is 3.36. The van der Waals surface area contributed by atoms with Gasteiger partial charge in [0.05, 0.1) is 6.04 Å². The molecule has 0 aliphatic carbocycles. The largest absolute Gasteiger partial charge is 0.466 e. The maximum atomic E-state index is 13.9. The Morgan fingerprint density at radius 1 is 1.05 bits per heavy atom. The van der Waals surface area contributed by atoms with Gasteiger partial charge in [0.2, 0.25) is 0 Å². The normalized spacial score (nSPS) is 12.7. The fraction of sp³-hybridized carbons (Fsp3) is 0.286. The summed E-state index contributed by atoms with van der Waals surface area (Å²) >= 11 is 0. The molecule has 3 N–H and O–H groups in total. The van der Waals surface area contributed by atoms with Crippen molar-refractivity contribution in [2.24, 2.45) is 5.84 Å². The quantitative estimate of drug-likeness (QED) is 0.663. The first-order chi connectivity index (χ1) is 8.97. The molecule has 102 valence electrons. The van der Waals surface area contributed by atoms with Crippen LogP contribution in [0.2, 0.25) is 0 Å². The number of aryl methyl sites for hydroxylation is 2. The van der Waals surface area contributed by atoms with E-state index in [0.29, 0.717) is 17.1 Å². The summed E-state index contributed by atoms with van der Waals surface area (Å²) in [4.78, 5) is 0. The lowest BCUT2D eigenvalue weighted by molar-refractivity contribution is 0.482. The number of hydrazine groups is 1. The third kappa shape index (κ3) is 2.27. The molecule has 1 unspecified atom stereocenters. The highest BCUT2D eigenvalue weighted by Crippen LogP contribution is 2.33. The van der Waals surface area contributed by atoms with Gasteiger partial charge in [-0.05, 0) is 38.5 Å². The highest BCUT2D eigenvalue weighted by atomic mass is 19.1. The number of hydrogen-bond donors (Lipinski definition) is 2. The molecule has 0 radical (unpaired) electrons. The number of halogens is 2. The summed E-state index contributed by atoms with van der Waals surface area (Å²) in [7, 11) is 0. The molecule has 0 aliphatic rings. The second-order valence-electron chi connectivity index (χ2n) is 4.49. The second kappa shape index (κ2) is 5.11. The minimum atomic E-state index is -0.779. The van der Waals surface area contributed by atoms with Crippen molar-refractivity contribution in [3.8, 4) is 0 Å². The monoisotopic (exact) mass is 266 g/mol. The van der Waals surface area contributed by atoms with Gasteiger partial charge in [0.15, 0.2) is 0 Å². The highest BCUT2D eigenvalue weighted by Gasteiger charge is 2.26. The molecule has 0 saturated heterocycles. The Morgan fingerprint density at radius 3 is 2.05 bits per heavy atom. The minimum absolute atomic E-state index is 0.1000. The molecule has 1 atom stereocenters. The number of furan rings is 1. The van der Waals surface area contributed by atoms with E-state index in [0.717, 1.165) is 5.56 Å². The van der Waals surface area contributed by atoms with Gasteiger partial charge in [-0.2, -0.15) is 0 Å². The van der Waals surface area contributed by atoms with Crippen molar-refractivity contribution in [1.82, 2.24) is 5.43 Å². The van der Waals surface area contributed by atoms with Crippen LogP contribution in [0.25, 0.3) is 0 Å². The van der Waals surface area contributed by atoms with Crippen LogP contribution in [-0.4, -0.2) is 0 Å². The van der Waals surface area contributed by atoms with Gasteiger partial charge in [0.1, 0.15) is 23.2 Å². The Bertz CT molecular complexity index is 587. The van der Waals surface area contributed by atoms with E-state index in [1.807, 2.05) is 6.92 Å². The zero-order valence-electron chi connectivity index (χ0n) is 11.1. The maximum absolute atomic E-state index is 13.9. The van der Waals surface area contributed by atoms with Gasteiger partial charge in [-0.1, -0.05) is 6.07 Å². The summed E-state index contributed by atoms with van der Waals surface area (Å²) in [5, 5.41) is 0. The topological polar surface area (TPSA) is 51.2 Å². The van der Waals surface area contributed by atoms with Crippen molar-refractivity contribution in [1.29, 1.82) is 0 Å². The van der Waals surface area contributed by atoms with Crippen LogP contribution >= 0.6 is 0 Å².